The van der Waals surface area contributed by atoms with Gasteiger partial charge in [-0.1, -0.05) is 26.2 Å². The van der Waals surface area contributed by atoms with E-state index in [2.05, 4.69) is 30.3 Å². The van der Waals surface area contributed by atoms with Crippen molar-refractivity contribution < 1.29 is 4.74 Å². The van der Waals surface area contributed by atoms with Crippen molar-refractivity contribution in [3.8, 4) is 0 Å². The molecule has 0 bridgehead atoms. The molecule has 1 N–H and O–H groups in total. The number of hydrogen-bond acceptors (Lipinski definition) is 3. The molecule has 0 aromatic carbocycles. The van der Waals surface area contributed by atoms with Crippen LogP contribution in [0.1, 0.15) is 39.0 Å². The Morgan fingerprint density at radius 2 is 2.00 bits per heavy atom. The minimum absolute atomic E-state index is 0.519. The summed E-state index contributed by atoms with van der Waals surface area (Å²) in [7, 11) is 1.78. The summed E-state index contributed by atoms with van der Waals surface area (Å²) in [6.07, 6.45) is 9.31. The van der Waals surface area contributed by atoms with E-state index >= 15 is 0 Å². The Balaban J connectivity index is 2.22. The third kappa shape index (κ3) is 4.64. The zero-order chi connectivity index (χ0) is 11.9. The second kappa shape index (κ2) is 7.57. The number of ether oxygens (including phenoxy) is 1. The first kappa shape index (κ1) is 14.3. The topological polar surface area (TPSA) is 21.3 Å². The van der Waals surface area contributed by atoms with Gasteiger partial charge in [0.05, 0.1) is 0 Å². The second-order valence-corrected chi connectivity index (χ2v) is 6.41. The lowest BCUT2D eigenvalue weighted by Gasteiger charge is -2.36. The van der Waals surface area contributed by atoms with Gasteiger partial charge in [-0.15, -0.1) is 0 Å². The number of methoxy groups -OCH3 is 1. The normalized spacial score (nSPS) is 21.9. The molecule has 0 amide bonds. The van der Waals surface area contributed by atoms with Gasteiger partial charge in [0.2, 0.25) is 0 Å². The van der Waals surface area contributed by atoms with Crippen molar-refractivity contribution in [2.45, 2.75) is 43.8 Å². The van der Waals surface area contributed by atoms with Crippen LogP contribution in [0.4, 0.5) is 0 Å². The van der Waals surface area contributed by atoms with E-state index in [9.17, 15) is 0 Å². The molecule has 1 rings (SSSR count). The average molecular weight is 245 g/mol. The van der Waals surface area contributed by atoms with Gasteiger partial charge in [0.25, 0.3) is 0 Å². The van der Waals surface area contributed by atoms with Gasteiger partial charge in [-0.25, -0.2) is 0 Å². The van der Waals surface area contributed by atoms with Gasteiger partial charge in [-0.05, 0) is 31.6 Å². The average Bonchev–Trinajstić information content (AvgIpc) is 2.31. The molecule has 1 saturated carbocycles. The van der Waals surface area contributed by atoms with Gasteiger partial charge in [-0.3, -0.25) is 0 Å². The lowest BCUT2D eigenvalue weighted by Crippen LogP contribution is -2.41. The van der Waals surface area contributed by atoms with Crippen LogP contribution in [0.5, 0.6) is 0 Å². The van der Waals surface area contributed by atoms with Gasteiger partial charge in [0.1, 0.15) is 0 Å². The predicted octanol–water partition coefficient (Wildman–Crippen LogP) is 2.92. The van der Waals surface area contributed by atoms with Crippen molar-refractivity contribution in [2.75, 3.05) is 33.1 Å². The summed E-state index contributed by atoms with van der Waals surface area (Å²) in [5.41, 5.74) is 0. The molecule has 1 unspecified atom stereocenters. The molecule has 1 fully saturated rings. The standard InChI is InChI=1S/C13H27NOS/c1-12(10-15-2)9-14-11-13(16-3)7-5-4-6-8-13/h12,14H,4-11H2,1-3H3. The molecule has 0 aromatic rings. The molecular weight excluding hydrogens is 218 g/mol. The van der Waals surface area contributed by atoms with Gasteiger partial charge in [-0.2, -0.15) is 11.8 Å². The Bertz CT molecular complexity index is 181. The summed E-state index contributed by atoms with van der Waals surface area (Å²) < 4.78 is 5.67. The molecule has 1 aliphatic rings. The zero-order valence-electron chi connectivity index (χ0n) is 11.1. The first-order valence-electron chi connectivity index (χ1n) is 6.47. The molecule has 1 atom stereocenters. The van der Waals surface area contributed by atoms with Crippen molar-refractivity contribution >= 4 is 11.8 Å². The summed E-state index contributed by atoms with van der Waals surface area (Å²) in [6, 6.07) is 0. The third-order valence-corrected chi connectivity index (χ3v) is 5.01. The van der Waals surface area contributed by atoms with Crippen LogP contribution in [0.15, 0.2) is 0 Å². The maximum absolute atomic E-state index is 5.15. The molecule has 0 aliphatic heterocycles. The van der Waals surface area contributed by atoms with E-state index in [1.165, 1.54) is 38.6 Å². The monoisotopic (exact) mass is 245 g/mol. The highest BCUT2D eigenvalue weighted by atomic mass is 32.2. The molecular formula is C13H27NOS. The Hall–Kier alpha value is 0.270. The Morgan fingerprint density at radius 3 is 2.56 bits per heavy atom. The first-order chi connectivity index (χ1) is 7.72. The smallest absolute Gasteiger partial charge is 0.0499 e. The van der Waals surface area contributed by atoms with Crippen molar-refractivity contribution in [1.29, 1.82) is 0 Å². The molecule has 96 valence electrons. The van der Waals surface area contributed by atoms with Gasteiger partial charge in [0.15, 0.2) is 0 Å². The Labute approximate surface area is 105 Å². The van der Waals surface area contributed by atoms with Crippen LogP contribution in [0.2, 0.25) is 0 Å². The quantitative estimate of drug-likeness (QED) is 0.745. The molecule has 2 nitrogen and oxygen atoms in total. The maximum Gasteiger partial charge on any atom is 0.0499 e. The fraction of sp³-hybridized carbons (Fsp3) is 1.00. The van der Waals surface area contributed by atoms with Crippen molar-refractivity contribution in [3.05, 3.63) is 0 Å². The number of thioether (sulfide) groups is 1. The summed E-state index contributed by atoms with van der Waals surface area (Å²) in [5.74, 6) is 0.618. The van der Waals surface area contributed by atoms with Crippen LogP contribution in [-0.4, -0.2) is 37.8 Å². The van der Waals surface area contributed by atoms with Gasteiger partial charge in [0, 0.05) is 25.0 Å². The lowest BCUT2D eigenvalue weighted by molar-refractivity contribution is 0.158. The summed E-state index contributed by atoms with van der Waals surface area (Å²) in [5, 5.41) is 3.63. The largest absolute Gasteiger partial charge is 0.384 e. The van der Waals surface area contributed by atoms with E-state index in [-0.39, 0.29) is 0 Å². The Kier molecular flexibility index (Phi) is 6.78. The molecule has 0 radical (unpaired) electrons. The molecule has 16 heavy (non-hydrogen) atoms. The van der Waals surface area contributed by atoms with Crippen LogP contribution < -0.4 is 5.32 Å². The fourth-order valence-electron chi connectivity index (χ4n) is 2.54. The maximum atomic E-state index is 5.15. The van der Waals surface area contributed by atoms with Crippen LogP contribution in [-0.2, 0) is 4.74 Å². The highest BCUT2D eigenvalue weighted by Crippen LogP contribution is 2.37. The molecule has 1 aliphatic carbocycles. The van der Waals surface area contributed by atoms with Crippen LogP contribution in [0.25, 0.3) is 0 Å². The number of rotatable bonds is 7. The van der Waals surface area contributed by atoms with E-state index in [0.29, 0.717) is 10.7 Å². The van der Waals surface area contributed by atoms with E-state index in [4.69, 9.17) is 4.74 Å². The Morgan fingerprint density at radius 1 is 1.31 bits per heavy atom. The summed E-state index contributed by atoms with van der Waals surface area (Å²) in [4.78, 5) is 0. The fourth-order valence-corrected chi connectivity index (χ4v) is 3.48. The first-order valence-corrected chi connectivity index (χ1v) is 7.70. The minimum Gasteiger partial charge on any atom is -0.384 e. The van der Waals surface area contributed by atoms with Crippen molar-refractivity contribution in [1.82, 2.24) is 5.32 Å². The van der Waals surface area contributed by atoms with Gasteiger partial charge < -0.3 is 10.1 Å². The third-order valence-electron chi connectivity index (χ3n) is 3.59. The lowest BCUT2D eigenvalue weighted by atomic mass is 9.88. The molecule has 3 heteroatoms. The van der Waals surface area contributed by atoms with E-state index in [0.717, 1.165) is 13.2 Å². The van der Waals surface area contributed by atoms with E-state index < -0.39 is 0 Å². The highest BCUT2D eigenvalue weighted by Gasteiger charge is 2.30. The number of nitrogens with one attached hydrogen (secondary N) is 1. The molecule has 0 saturated heterocycles. The second-order valence-electron chi connectivity index (χ2n) is 5.14. The van der Waals surface area contributed by atoms with Gasteiger partial charge >= 0.3 is 0 Å². The zero-order valence-corrected chi connectivity index (χ0v) is 11.9. The number of hydrogen-bond donors (Lipinski definition) is 1. The summed E-state index contributed by atoms with van der Waals surface area (Å²) in [6.45, 7) is 5.35. The van der Waals surface area contributed by atoms with E-state index in [1.54, 1.807) is 7.11 Å². The van der Waals surface area contributed by atoms with Crippen LogP contribution in [0.3, 0.4) is 0 Å². The van der Waals surface area contributed by atoms with Crippen LogP contribution >= 0.6 is 11.8 Å². The molecule has 0 aromatic heterocycles. The molecule has 0 heterocycles. The highest BCUT2D eigenvalue weighted by molar-refractivity contribution is 8.00. The molecule has 0 spiro atoms. The van der Waals surface area contributed by atoms with Crippen molar-refractivity contribution in [3.63, 3.8) is 0 Å². The SMILES string of the molecule is COCC(C)CNCC1(SC)CCCCC1. The van der Waals surface area contributed by atoms with Crippen LogP contribution in [0, 0.1) is 5.92 Å². The van der Waals surface area contributed by atoms with Crippen molar-refractivity contribution in [2.24, 2.45) is 5.92 Å². The predicted molar refractivity (Wildman–Crippen MR) is 73.2 cm³/mol. The summed E-state index contributed by atoms with van der Waals surface area (Å²) >= 11 is 2.06. The van der Waals surface area contributed by atoms with E-state index in [1.807, 2.05) is 0 Å². The minimum atomic E-state index is 0.519.